The Morgan fingerprint density at radius 1 is 1.26 bits per heavy atom. The Labute approximate surface area is 121 Å². The molecule has 2 N–H and O–H groups in total. The Morgan fingerprint density at radius 2 is 1.89 bits per heavy atom. The second-order valence-corrected chi connectivity index (χ2v) is 5.56. The number of nitrogens with zero attached hydrogens (tertiary/aromatic N) is 1. The number of aryl methyl sites for hydroxylation is 1. The van der Waals surface area contributed by atoms with E-state index in [0.717, 1.165) is 21.7 Å². The van der Waals surface area contributed by atoms with Crippen molar-refractivity contribution in [3.05, 3.63) is 51.7 Å². The molecule has 0 unspecified atom stereocenters. The predicted molar refractivity (Wildman–Crippen MR) is 84.1 cm³/mol. The molecule has 1 aromatic heterocycles. The smallest absolute Gasteiger partial charge is 0.268 e. The third-order valence-electron chi connectivity index (χ3n) is 2.90. The van der Waals surface area contributed by atoms with Crippen LogP contribution in [0.15, 0.2) is 35.7 Å². The molecule has 0 bridgehead atoms. The van der Waals surface area contributed by atoms with Crippen LogP contribution in [0, 0.1) is 6.92 Å². The molecule has 3 nitrogen and oxygen atoms in total. The van der Waals surface area contributed by atoms with Crippen molar-refractivity contribution in [2.24, 2.45) is 5.73 Å². The van der Waals surface area contributed by atoms with E-state index in [4.69, 9.17) is 18.0 Å². The molecular weight excluding hydrogens is 276 g/mol. The van der Waals surface area contributed by atoms with Gasteiger partial charge < -0.3 is 10.6 Å². The molecule has 2 rings (SSSR count). The van der Waals surface area contributed by atoms with Gasteiger partial charge in [-0.15, -0.1) is 11.3 Å². The lowest BCUT2D eigenvalue weighted by Gasteiger charge is -2.17. The average Bonchev–Trinajstić information content (AvgIpc) is 2.83. The van der Waals surface area contributed by atoms with E-state index >= 15 is 0 Å². The maximum Gasteiger partial charge on any atom is 0.268 e. The highest BCUT2D eigenvalue weighted by Crippen LogP contribution is 2.21. The molecule has 1 amide bonds. The van der Waals surface area contributed by atoms with E-state index in [2.05, 4.69) is 0 Å². The van der Waals surface area contributed by atoms with Crippen LogP contribution in [0.4, 0.5) is 5.69 Å². The standard InChI is InChI=1S/C14H14N2OS2/c1-9-7-8-19-12(9)14(17)16(2)11-5-3-10(4-6-11)13(15)18/h3-8H,1-2H3,(H2,15,18). The second-order valence-electron chi connectivity index (χ2n) is 4.21. The minimum Gasteiger partial charge on any atom is -0.389 e. The van der Waals surface area contributed by atoms with Gasteiger partial charge in [0.2, 0.25) is 0 Å². The first-order valence-corrected chi connectivity index (χ1v) is 7.01. The molecule has 0 spiro atoms. The van der Waals surface area contributed by atoms with Crippen LogP contribution in [-0.2, 0) is 0 Å². The molecule has 98 valence electrons. The van der Waals surface area contributed by atoms with Crippen LogP contribution >= 0.6 is 23.6 Å². The summed E-state index contributed by atoms with van der Waals surface area (Å²) in [6, 6.07) is 9.28. The third-order valence-corrected chi connectivity index (χ3v) is 4.14. The fraction of sp³-hybridized carbons (Fsp3) is 0.143. The van der Waals surface area contributed by atoms with Crippen molar-refractivity contribution in [3.8, 4) is 0 Å². The number of carbonyl (C=O) groups excluding carboxylic acids is 1. The number of anilines is 1. The van der Waals surface area contributed by atoms with Crippen LogP contribution in [0.5, 0.6) is 0 Å². The monoisotopic (exact) mass is 290 g/mol. The van der Waals surface area contributed by atoms with Crippen molar-refractivity contribution < 1.29 is 4.79 Å². The van der Waals surface area contributed by atoms with Crippen molar-refractivity contribution in [1.29, 1.82) is 0 Å². The van der Waals surface area contributed by atoms with E-state index < -0.39 is 0 Å². The molecule has 1 heterocycles. The van der Waals surface area contributed by atoms with Crippen LogP contribution in [0.3, 0.4) is 0 Å². The molecule has 0 aliphatic rings. The van der Waals surface area contributed by atoms with Gasteiger partial charge in [-0.25, -0.2) is 0 Å². The fourth-order valence-electron chi connectivity index (χ4n) is 1.71. The van der Waals surface area contributed by atoms with Gasteiger partial charge in [-0.3, -0.25) is 4.79 Å². The minimum atomic E-state index is -0.00410. The van der Waals surface area contributed by atoms with Gasteiger partial charge >= 0.3 is 0 Å². The van der Waals surface area contributed by atoms with Crippen LogP contribution in [-0.4, -0.2) is 17.9 Å². The summed E-state index contributed by atoms with van der Waals surface area (Å²) in [5, 5.41) is 1.92. The molecule has 0 atom stereocenters. The van der Waals surface area contributed by atoms with Gasteiger partial charge in [0, 0.05) is 18.3 Å². The van der Waals surface area contributed by atoms with Crippen LogP contribution < -0.4 is 10.6 Å². The number of amides is 1. The Morgan fingerprint density at radius 3 is 2.37 bits per heavy atom. The number of hydrogen-bond acceptors (Lipinski definition) is 3. The topological polar surface area (TPSA) is 46.3 Å². The van der Waals surface area contributed by atoms with Gasteiger partial charge in [-0.2, -0.15) is 0 Å². The van der Waals surface area contributed by atoms with Crippen molar-refractivity contribution >= 4 is 40.1 Å². The summed E-state index contributed by atoms with van der Waals surface area (Å²) in [5.74, 6) is -0.00410. The van der Waals surface area contributed by atoms with Gasteiger partial charge in [0.1, 0.15) is 4.99 Å². The summed E-state index contributed by atoms with van der Waals surface area (Å²) in [6.45, 7) is 1.94. The molecule has 1 aromatic carbocycles. The molecule has 19 heavy (non-hydrogen) atoms. The quantitative estimate of drug-likeness (QED) is 0.884. The lowest BCUT2D eigenvalue weighted by atomic mass is 10.2. The van der Waals surface area contributed by atoms with Crippen molar-refractivity contribution in [2.45, 2.75) is 6.92 Å². The number of hydrogen-bond donors (Lipinski definition) is 1. The number of nitrogens with two attached hydrogens (primary N) is 1. The average molecular weight is 290 g/mol. The summed E-state index contributed by atoms with van der Waals surface area (Å²) in [5.41, 5.74) is 8.17. The normalized spacial score (nSPS) is 10.2. The Hall–Kier alpha value is -1.72. The fourth-order valence-corrected chi connectivity index (χ4v) is 2.75. The first-order valence-electron chi connectivity index (χ1n) is 5.72. The summed E-state index contributed by atoms with van der Waals surface area (Å²) in [7, 11) is 1.76. The molecule has 5 heteroatoms. The van der Waals surface area contributed by atoms with Crippen LogP contribution in [0.1, 0.15) is 20.8 Å². The molecule has 0 saturated heterocycles. The van der Waals surface area contributed by atoms with Gasteiger partial charge in [0.15, 0.2) is 0 Å². The third kappa shape index (κ3) is 2.83. The Bertz CT molecular complexity index is 617. The summed E-state index contributed by atoms with van der Waals surface area (Å²) >= 11 is 6.36. The molecule has 0 aliphatic carbocycles. The highest BCUT2D eigenvalue weighted by Gasteiger charge is 2.16. The first kappa shape index (κ1) is 13.7. The zero-order valence-electron chi connectivity index (χ0n) is 10.7. The molecule has 0 saturated carbocycles. The largest absolute Gasteiger partial charge is 0.389 e. The summed E-state index contributed by atoms with van der Waals surface area (Å²) < 4.78 is 0. The highest BCUT2D eigenvalue weighted by molar-refractivity contribution is 7.80. The van der Waals surface area contributed by atoms with E-state index in [-0.39, 0.29) is 5.91 Å². The van der Waals surface area contributed by atoms with E-state index in [0.29, 0.717) is 4.99 Å². The maximum absolute atomic E-state index is 12.3. The molecular formula is C14H14N2OS2. The molecule has 0 aliphatic heterocycles. The number of thiophene rings is 1. The van der Waals surface area contributed by atoms with E-state index in [9.17, 15) is 4.79 Å². The van der Waals surface area contributed by atoms with Gasteiger partial charge in [0.25, 0.3) is 5.91 Å². The number of carbonyl (C=O) groups is 1. The van der Waals surface area contributed by atoms with Crippen molar-refractivity contribution in [1.82, 2.24) is 0 Å². The molecule has 2 aromatic rings. The highest BCUT2D eigenvalue weighted by atomic mass is 32.1. The predicted octanol–water partition coefficient (Wildman–Crippen LogP) is 2.97. The Kier molecular flexibility index (Phi) is 3.97. The first-order chi connectivity index (χ1) is 9.00. The Balaban J connectivity index is 2.24. The summed E-state index contributed by atoms with van der Waals surface area (Å²) in [4.78, 5) is 15.1. The van der Waals surface area contributed by atoms with Gasteiger partial charge in [0.05, 0.1) is 4.88 Å². The van der Waals surface area contributed by atoms with Crippen molar-refractivity contribution in [3.63, 3.8) is 0 Å². The van der Waals surface area contributed by atoms with Crippen molar-refractivity contribution in [2.75, 3.05) is 11.9 Å². The van der Waals surface area contributed by atoms with Crippen LogP contribution in [0.2, 0.25) is 0 Å². The molecule has 0 radical (unpaired) electrons. The number of benzene rings is 1. The zero-order valence-corrected chi connectivity index (χ0v) is 12.3. The minimum absolute atomic E-state index is 0.00410. The van der Waals surface area contributed by atoms with E-state index in [1.54, 1.807) is 11.9 Å². The van der Waals surface area contributed by atoms with E-state index in [1.165, 1.54) is 11.3 Å². The zero-order chi connectivity index (χ0) is 14.0. The van der Waals surface area contributed by atoms with Gasteiger partial charge in [-0.05, 0) is 48.2 Å². The van der Waals surface area contributed by atoms with Crippen LogP contribution in [0.25, 0.3) is 0 Å². The van der Waals surface area contributed by atoms with Gasteiger partial charge in [-0.1, -0.05) is 12.2 Å². The number of rotatable bonds is 3. The SMILES string of the molecule is Cc1ccsc1C(=O)N(C)c1ccc(C(N)=S)cc1. The lowest BCUT2D eigenvalue weighted by Crippen LogP contribution is -2.26. The summed E-state index contributed by atoms with van der Waals surface area (Å²) in [6.07, 6.45) is 0. The lowest BCUT2D eigenvalue weighted by molar-refractivity contribution is 0.0996. The molecule has 0 fully saturated rings. The second kappa shape index (κ2) is 5.50. The maximum atomic E-state index is 12.3. The van der Waals surface area contributed by atoms with E-state index in [1.807, 2.05) is 42.6 Å². The number of thiocarbonyl (C=S) groups is 1.